The predicted molar refractivity (Wildman–Crippen MR) is 100.0 cm³/mol. The fraction of sp³-hybridized carbons (Fsp3) is 0.381. The molecule has 27 heavy (non-hydrogen) atoms. The molecule has 1 fully saturated rings. The molecule has 0 unspecified atom stereocenters. The van der Waals surface area contributed by atoms with Crippen LogP contribution in [0, 0.1) is 18.7 Å². The Kier molecular flexibility index (Phi) is 5.84. The van der Waals surface area contributed by atoms with Gasteiger partial charge < -0.3 is 9.80 Å². The van der Waals surface area contributed by atoms with Gasteiger partial charge in [-0.2, -0.15) is 0 Å². The quantitative estimate of drug-likeness (QED) is 0.814. The number of hydrogen-bond donors (Lipinski definition) is 0. The van der Waals surface area contributed by atoms with Crippen LogP contribution < -0.4 is 0 Å². The zero-order valence-corrected chi connectivity index (χ0v) is 15.7. The standard InChI is InChI=1S/C21H24FN3O2/c1-15-5-4-10-23-19(15)14-24(2)21(27)17-8-9-20(26)25(13-17)12-16-6-3-7-18(22)11-16/h3-7,10-11,17H,8-9,12-14H2,1-2H3/t17-/m1/s1. The minimum Gasteiger partial charge on any atom is -0.340 e. The van der Waals surface area contributed by atoms with E-state index in [0.717, 1.165) is 16.8 Å². The Labute approximate surface area is 158 Å². The normalized spacial score (nSPS) is 17.1. The summed E-state index contributed by atoms with van der Waals surface area (Å²) in [4.78, 5) is 32.8. The molecule has 2 heterocycles. The molecule has 1 atom stereocenters. The number of aryl methyl sites for hydroxylation is 1. The highest BCUT2D eigenvalue weighted by atomic mass is 19.1. The van der Waals surface area contributed by atoms with E-state index in [0.29, 0.717) is 32.5 Å². The summed E-state index contributed by atoms with van der Waals surface area (Å²) in [6.45, 7) is 3.10. The van der Waals surface area contributed by atoms with E-state index in [4.69, 9.17) is 0 Å². The van der Waals surface area contributed by atoms with E-state index in [2.05, 4.69) is 4.98 Å². The van der Waals surface area contributed by atoms with Crippen molar-refractivity contribution in [2.75, 3.05) is 13.6 Å². The van der Waals surface area contributed by atoms with Crippen molar-refractivity contribution in [3.63, 3.8) is 0 Å². The Morgan fingerprint density at radius 2 is 2.15 bits per heavy atom. The molecule has 1 saturated heterocycles. The average Bonchev–Trinajstić information content (AvgIpc) is 2.65. The number of rotatable bonds is 5. The summed E-state index contributed by atoms with van der Waals surface area (Å²) in [7, 11) is 1.77. The maximum absolute atomic E-state index is 13.4. The monoisotopic (exact) mass is 369 g/mol. The van der Waals surface area contributed by atoms with Gasteiger partial charge in [0.2, 0.25) is 11.8 Å². The fourth-order valence-electron chi connectivity index (χ4n) is 3.42. The fourth-order valence-corrected chi connectivity index (χ4v) is 3.42. The third kappa shape index (κ3) is 4.70. The number of benzene rings is 1. The topological polar surface area (TPSA) is 53.5 Å². The van der Waals surface area contributed by atoms with E-state index in [1.807, 2.05) is 19.1 Å². The van der Waals surface area contributed by atoms with Crippen molar-refractivity contribution in [2.45, 2.75) is 32.9 Å². The third-order valence-electron chi connectivity index (χ3n) is 4.99. The summed E-state index contributed by atoms with van der Waals surface area (Å²) >= 11 is 0. The Morgan fingerprint density at radius 1 is 1.33 bits per heavy atom. The van der Waals surface area contributed by atoms with Gasteiger partial charge in [-0.1, -0.05) is 18.2 Å². The molecule has 0 N–H and O–H groups in total. The summed E-state index contributed by atoms with van der Waals surface area (Å²) in [6.07, 6.45) is 2.60. The number of carbonyl (C=O) groups excluding carboxylic acids is 2. The van der Waals surface area contributed by atoms with Crippen LogP contribution in [-0.4, -0.2) is 40.2 Å². The van der Waals surface area contributed by atoms with Crippen LogP contribution >= 0.6 is 0 Å². The van der Waals surface area contributed by atoms with Gasteiger partial charge in [-0.25, -0.2) is 4.39 Å². The van der Waals surface area contributed by atoms with Crippen molar-refractivity contribution >= 4 is 11.8 Å². The molecule has 1 aromatic carbocycles. The van der Waals surface area contributed by atoms with Crippen LogP contribution in [0.4, 0.5) is 4.39 Å². The molecule has 1 aliphatic rings. The van der Waals surface area contributed by atoms with Gasteiger partial charge in [-0.05, 0) is 42.7 Å². The molecule has 5 nitrogen and oxygen atoms in total. The van der Waals surface area contributed by atoms with Crippen molar-refractivity contribution < 1.29 is 14.0 Å². The van der Waals surface area contributed by atoms with Gasteiger partial charge in [-0.3, -0.25) is 14.6 Å². The Balaban J connectivity index is 1.64. The molecular weight excluding hydrogens is 345 g/mol. The van der Waals surface area contributed by atoms with Gasteiger partial charge in [0.25, 0.3) is 0 Å². The lowest BCUT2D eigenvalue weighted by Gasteiger charge is -2.34. The second-order valence-electron chi connectivity index (χ2n) is 7.10. The van der Waals surface area contributed by atoms with Crippen LogP contribution in [-0.2, 0) is 22.7 Å². The molecule has 0 radical (unpaired) electrons. The van der Waals surface area contributed by atoms with Crippen LogP contribution in [0.5, 0.6) is 0 Å². The second kappa shape index (κ2) is 8.29. The average molecular weight is 369 g/mol. The zero-order chi connectivity index (χ0) is 19.4. The van der Waals surface area contributed by atoms with Gasteiger partial charge in [0.1, 0.15) is 5.82 Å². The number of carbonyl (C=O) groups is 2. The van der Waals surface area contributed by atoms with E-state index in [9.17, 15) is 14.0 Å². The van der Waals surface area contributed by atoms with E-state index >= 15 is 0 Å². The number of nitrogens with zero attached hydrogens (tertiary/aromatic N) is 3. The first-order valence-electron chi connectivity index (χ1n) is 9.11. The summed E-state index contributed by atoms with van der Waals surface area (Å²) in [5.74, 6) is -0.552. The molecule has 1 aromatic heterocycles. The molecule has 1 aliphatic heterocycles. The molecule has 142 valence electrons. The molecule has 0 aliphatic carbocycles. The smallest absolute Gasteiger partial charge is 0.227 e. The number of amides is 2. The minimum absolute atomic E-state index is 0.00605. The largest absolute Gasteiger partial charge is 0.340 e. The molecule has 0 bridgehead atoms. The highest BCUT2D eigenvalue weighted by molar-refractivity contribution is 5.83. The SMILES string of the molecule is Cc1cccnc1CN(C)C(=O)[C@@H]1CCC(=O)N(Cc2cccc(F)c2)C1. The van der Waals surface area contributed by atoms with Crippen LogP contribution in [0.2, 0.25) is 0 Å². The van der Waals surface area contributed by atoms with Crippen LogP contribution in [0.25, 0.3) is 0 Å². The van der Waals surface area contributed by atoms with E-state index < -0.39 is 0 Å². The van der Waals surface area contributed by atoms with Crippen LogP contribution in [0.3, 0.4) is 0 Å². The number of aromatic nitrogens is 1. The minimum atomic E-state index is -0.324. The zero-order valence-electron chi connectivity index (χ0n) is 15.7. The van der Waals surface area contributed by atoms with Crippen molar-refractivity contribution in [3.05, 3.63) is 65.2 Å². The number of piperidine rings is 1. The number of halogens is 1. The van der Waals surface area contributed by atoms with E-state index in [-0.39, 0.29) is 23.5 Å². The summed E-state index contributed by atoms with van der Waals surface area (Å²) < 4.78 is 13.4. The molecule has 0 saturated carbocycles. The maximum atomic E-state index is 13.4. The highest BCUT2D eigenvalue weighted by Gasteiger charge is 2.32. The second-order valence-corrected chi connectivity index (χ2v) is 7.10. The van der Waals surface area contributed by atoms with Crippen LogP contribution in [0.15, 0.2) is 42.6 Å². The molecular formula is C21H24FN3O2. The molecule has 6 heteroatoms. The summed E-state index contributed by atoms with van der Waals surface area (Å²) in [5.41, 5.74) is 2.65. The molecule has 3 rings (SSSR count). The van der Waals surface area contributed by atoms with E-state index in [1.165, 1.54) is 12.1 Å². The van der Waals surface area contributed by atoms with Gasteiger partial charge in [0.05, 0.1) is 18.2 Å². The highest BCUT2D eigenvalue weighted by Crippen LogP contribution is 2.22. The predicted octanol–water partition coefficient (Wildman–Crippen LogP) is 2.93. The third-order valence-corrected chi connectivity index (χ3v) is 4.99. The Bertz CT molecular complexity index is 840. The van der Waals surface area contributed by atoms with Crippen molar-refractivity contribution in [1.82, 2.24) is 14.8 Å². The van der Waals surface area contributed by atoms with E-state index in [1.54, 1.807) is 35.2 Å². The van der Waals surface area contributed by atoms with Gasteiger partial charge in [0.15, 0.2) is 0 Å². The lowest BCUT2D eigenvalue weighted by atomic mass is 9.95. The lowest BCUT2D eigenvalue weighted by molar-refractivity contribution is -0.143. The van der Waals surface area contributed by atoms with Gasteiger partial charge in [0, 0.05) is 32.8 Å². The van der Waals surface area contributed by atoms with Gasteiger partial charge in [-0.15, -0.1) is 0 Å². The van der Waals surface area contributed by atoms with Crippen molar-refractivity contribution in [1.29, 1.82) is 0 Å². The first-order valence-corrected chi connectivity index (χ1v) is 9.11. The molecule has 2 aromatic rings. The van der Waals surface area contributed by atoms with Gasteiger partial charge >= 0.3 is 0 Å². The maximum Gasteiger partial charge on any atom is 0.227 e. The molecule has 2 amide bonds. The first-order chi connectivity index (χ1) is 12.9. The lowest BCUT2D eigenvalue weighted by Crippen LogP contribution is -2.45. The molecule has 0 spiro atoms. The summed E-state index contributed by atoms with van der Waals surface area (Å²) in [6, 6.07) is 10.1. The number of likely N-dealkylation sites (tertiary alicyclic amines) is 1. The number of pyridine rings is 1. The summed E-state index contributed by atoms with van der Waals surface area (Å²) in [5, 5.41) is 0. The first kappa shape index (κ1) is 19.0. The Hall–Kier alpha value is -2.76. The number of hydrogen-bond acceptors (Lipinski definition) is 3. The van der Waals surface area contributed by atoms with Crippen molar-refractivity contribution in [2.24, 2.45) is 5.92 Å². The van der Waals surface area contributed by atoms with Crippen molar-refractivity contribution in [3.8, 4) is 0 Å². The van der Waals surface area contributed by atoms with Crippen LogP contribution in [0.1, 0.15) is 29.7 Å². The Morgan fingerprint density at radius 3 is 2.89 bits per heavy atom.